The van der Waals surface area contributed by atoms with Gasteiger partial charge in [-0.25, -0.2) is 4.98 Å². The quantitative estimate of drug-likeness (QED) is 0.788. The average molecular weight is 277 g/mol. The van der Waals surface area contributed by atoms with Gasteiger partial charge in [0.25, 0.3) is 0 Å². The summed E-state index contributed by atoms with van der Waals surface area (Å²) in [7, 11) is 0. The monoisotopic (exact) mass is 276 g/mol. The molecule has 19 heavy (non-hydrogen) atoms. The van der Waals surface area contributed by atoms with Crippen molar-refractivity contribution in [3.63, 3.8) is 0 Å². The van der Waals surface area contributed by atoms with E-state index in [1.165, 1.54) is 5.56 Å². The molecule has 1 heterocycles. The normalized spacial score (nSPS) is 12.3. The molecule has 1 aromatic heterocycles. The highest BCUT2D eigenvalue weighted by Gasteiger charge is 2.13. The molecule has 0 spiro atoms. The Kier molecular flexibility index (Phi) is 4.05. The van der Waals surface area contributed by atoms with E-state index in [1.54, 1.807) is 0 Å². The van der Waals surface area contributed by atoms with Crippen molar-refractivity contribution in [3.05, 3.63) is 51.9 Å². The number of rotatable bonds is 3. The first kappa shape index (κ1) is 13.8. The van der Waals surface area contributed by atoms with E-state index in [0.717, 1.165) is 16.8 Å². The van der Waals surface area contributed by atoms with Gasteiger partial charge in [-0.15, -0.1) is 0 Å². The molecule has 0 aliphatic heterocycles. The maximum absolute atomic E-state index is 5.90. The Balaban J connectivity index is 2.23. The molecule has 1 aromatic carbocycles. The molecule has 1 atom stereocenters. The Morgan fingerprint density at radius 1 is 1.05 bits per heavy atom. The zero-order valence-electron chi connectivity index (χ0n) is 11.6. The van der Waals surface area contributed by atoms with Gasteiger partial charge in [0.15, 0.2) is 0 Å². The number of hydrogen-bond acceptors (Lipinski definition) is 3. The number of hydrogen-bond donors (Lipinski definition) is 0. The minimum absolute atomic E-state index is 0.0790. The summed E-state index contributed by atoms with van der Waals surface area (Å²) < 4.78 is 5.90. The highest BCUT2D eigenvalue weighted by Crippen LogP contribution is 2.25. The third-order valence-electron chi connectivity index (χ3n) is 3.15. The van der Waals surface area contributed by atoms with Crippen LogP contribution in [-0.2, 0) is 0 Å². The lowest BCUT2D eigenvalue weighted by atomic mass is 10.1. The fraction of sp³-hybridized carbons (Fsp3) is 0.333. The average Bonchev–Trinajstić information content (AvgIpc) is 2.36. The van der Waals surface area contributed by atoms with E-state index in [4.69, 9.17) is 16.3 Å². The van der Waals surface area contributed by atoms with Crippen molar-refractivity contribution in [1.82, 2.24) is 9.97 Å². The molecule has 0 bridgehead atoms. The molecule has 100 valence electrons. The fourth-order valence-corrected chi connectivity index (χ4v) is 1.96. The van der Waals surface area contributed by atoms with Gasteiger partial charge in [-0.3, -0.25) is 0 Å². The SMILES string of the molecule is Cc1ccc([C@H](C)Oc2nc(Cl)nc(C)c2C)cc1. The molecular formula is C15H17ClN2O. The summed E-state index contributed by atoms with van der Waals surface area (Å²) in [6, 6.07) is 8.26. The summed E-state index contributed by atoms with van der Waals surface area (Å²) in [5.74, 6) is 0.547. The molecule has 0 fully saturated rings. The minimum atomic E-state index is -0.0790. The van der Waals surface area contributed by atoms with E-state index in [2.05, 4.69) is 41.2 Å². The van der Waals surface area contributed by atoms with E-state index in [0.29, 0.717) is 5.88 Å². The van der Waals surface area contributed by atoms with Crippen LogP contribution in [0.2, 0.25) is 5.28 Å². The minimum Gasteiger partial charge on any atom is -0.469 e. The predicted octanol–water partition coefficient (Wildman–Crippen LogP) is 4.20. The smallest absolute Gasteiger partial charge is 0.225 e. The second kappa shape index (κ2) is 5.57. The predicted molar refractivity (Wildman–Crippen MR) is 76.7 cm³/mol. The largest absolute Gasteiger partial charge is 0.469 e. The first-order chi connectivity index (χ1) is 8.97. The Morgan fingerprint density at radius 2 is 1.68 bits per heavy atom. The number of aromatic nitrogens is 2. The van der Waals surface area contributed by atoms with Crippen LogP contribution in [0.4, 0.5) is 0 Å². The van der Waals surface area contributed by atoms with Crippen LogP contribution in [0.15, 0.2) is 24.3 Å². The van der Waals surface area contributed by atoms with Crippen LogP contribution in [0.1, 0.15) is 35.4 Å². The summed E-state index contributed by atoms with van der Waals surface area (Å²) in [5.41, 5.74) is 4.10. The van der Waals surface area contributed by atoms with Crippen molar-refractivity contribution in [3.8, 4) is 5.88 Å². The Morgan fingerprint density at radius 3 is 2.32 bits per heavy atom. The van der Waals surface area contributed by atoms with Gasteiger partial charge in [-0.1, -0.05) is 29.8 Å². The Bertz CT molecular complexity index is 581. The number of aryl methyl sites for hydroxylation is 2. The summed E-state index contributed by atoms with van der Waals surface area (Å²) in [4.78, 5) is 8.25. The van der Waals surface area contributed by atoms with E-state index in [-0.39, 0.29) is 11.4 Å². The van der Waals surface area contributed by atoms with Crippen molar-refractivity contribution >= 4 is 11.6 Å². The second-order valence-electron chi connectivity index (χ2n) is 4.68. The Labute approximate surface area is 118 Å². The number of nitrogens with zero attached hydrogens (tertiary/aromatic N) is 2. The zero-order valence-corrected chi connectivity index (χ0v) is 12.3. The third-order valence-corrected chi connectivity index (χ3v) is 3.32. The summed E-state index contributed by atoms with van der Waals surface area (Å²) in [6.07, 6.45) is -0.0790. The van der Waals surface area contributed by atoms with Crippen molar-refractivity contribution in [1.29, 1.82) is 0 Å². The van der Waals surface area contributed by atoms with Crippen LogP contribution in [0.3, 0.4) is 0 Å². The molecule has 0 aliphatic rings. The maximum atomic E-state index is 5.90. The first-order valence-corrected chi connectivity index (χ1v) is 6.59. The molecule has 4 heteroatoms. The van der Waals surface area contributed by atoms with Gasteiger partial charge in [0.05, 0.1) is 0 Å². The number of halogens is 1. The lowest BCUT2D eigenvalue weighted by Gasteiger charge is -2.16. The molecule has 2 aromatic rings. The van der Waals surface area contributed by atoms with E-state index in [9.17, 15) is 0 Å². The molecule has 0 unspecified atom stereocenters. The van der Waals surface area contributed by atoms with Crippen LogP contribution in [0.5, 0.6) is 5.88 Å². The summed E-state index contributed by atoms with van der Waals surface area (Å²) in [5, 5.41) is 0.217. The topological polar surface area (TPSA) is 35.0 Å². The molecule has 0 N–H and O–H groups in total. The van der Waals surface area contributed by atoms with Crippen molar-refractivity contribution in [2.24, 2.45) is 0 Å². The Hall–Kier alpha value is -1.61. The molecule has 2 rings (SSSR count). The molecule has 0 saturated carbocycles. The van der Waals surface area contributed by atoms with Gasteiger partial charge in [0.1, 0.15) is 6.10 Å². The molecule has 0 aliphatic carbocycles. The van der Waals surface area contributed by atoms with Gasteiger partial charge in [0.2, 0.25) is 11.2 Å². The van der Waals surface area contributed by atoms with E-state index >= 15 is 0 Å². The third kappa shape index (κ3) is 3.24. The van der Waals surface area contributed by atoms with Crippen molar-refractivity contribution < 1.29 is 4.74 Å². The maximum Gasteiger partial charge on any atom is 0.225 e. The van der Waals surface area contributed by atoms with Gasteiger partial charge in [-0.2, -0.15) is 4.98 Å². The summed E-state index contributed by atoms with van der Waals surface area (Å²) >= 11 is 5.87. The van der Waals surface area contributed by atoms with E-state index < -0.39 is 0 Å². The molecular weight excluding hydrogens is 260 g/mol. The van der Waals surface area contributed by atoms with Crippen LogP contribution >= 0.6 is 11.6 Å². The molecule has 0 radical (unpaired) electrons. The van der Waals surface area contributed by atoms with Crippen LogP contribution in [0, 0.1) is 20.8 Å². The molecule has 0 saturated heterocycles. The highest BCUT2D eigenvalue weighted by molar-refractivity contribution is 6.28. The van der Waals surface area contributed by atoms with Crippen molar-refractivity contribution in [2.75, 3.05) is 0 Å². The lowest BCUT2D eigenvalue weighted by molar-refractivity contribution is 0.215. The highest BCUT2D eigenvalue weighted by atomic mass is 35.5. The van der Waals surface area contributed by atoms with Gasteiger partial charge >= 0.3 is 0 Å². The first-order valence-electron chi connectivity index (χ1n) is 6.21. The number of benzene rings is 1. The molecule has 3 nitrogen and oxygen atoms in total. The zero-order chi connectivity index (χ0) is 14.0. The van der Waals surface area contributed by atoms with Gasteiger partial charge in [-0.05, 0) is 44.9 Å². The molecule has 0 amide bonds. The summed E-state index contributed by atoms with van der Waals surface area (Å²) in [6.45, 7) is 7.89. The van der Waals surface area contributed by atoms with Gasteiger partial charge in [0, 0.05) is 11.3 Å². The van der Waals surface area contributed by atoms with Crippen LogP contribution in [0.25, 0.3) is 0 Å². The fourth-order valence-electron chi connectivity index (χ4n) is 1.76. The van der Waals surface area contributed by atoms with Gasteiger partial charge < -0.3 is 4.74 Å². The van der Waals surface area contributed by atoms with E-state index in [1.807, 2.05) is 20.8 Å². The second-order valence-corrected chi connectivity index (χ2v) is 5.02. The van der Waals surface area contributed by atoms with Crippen LogP contribution in [-0.4, -0.2) is 9.97 Å². The lowest BCUT2D eigenvalue weighted by Crippen LogP contribution is -2.07. The van der Waals surface area contributed by atoms with Crippen molar-refractivity contribution in [2.45, 2.75) is 33.8 Å². The number of ether oxygens (including phenoxy) is 1. The standard InChI is InChI=1S/C15H17ClN2O/c1-9-5-7-13(8-6-9)12(4)19-14-10(2)11(3)17-15(16)18-14/h5-8,12H,1-4H3/t12-/m0/s1. The van der Waals surface area contributed by atoms with Crippen LogP contribution < -0.4 is 4.74 Å².